The highest BCUT2D eigenvalue weighted by Crippen LogP contribution is 2.21. The third-order valence-electron chi connectivity index (χ3n) is 2.89. The molecule has 0 saturated carbocycles. The van der Waals surface area contributed by atoms with E-state index in [1.165, 1.54) is 5.56 Å². The first-order valence-corrected chi connectivity index (χ1v) is 6.11. The number of aryl methyl sites for hydroxylation is 1. The lowest BCUT2D eigenvalue weighted by atomic mass is 10.0. The van der Waals surface area contributed by atoms with E-state index in [4.69, 9.17) is 4.74 Å². The number of nitriles is 1. The SMILES string of the molecule is C/C(=C(\C#N)Oc1ccccc1)c1ccc(C)cc1. The molecule has 0 fully saturated rings. The summed E-state index contributed by atoms with van der Waals surface area (Å²) >= 11 is 0. The van der Waals surface area contributed by atoms with Crippen LogP contribution in [0.2, 0.25) is 0 Å². The highest BCUT2D eigenvalue weighted by molar-refractivity contribution is 5.69. The van der Waals surface area contributed by atoms with Crippen LogP contribution in [0.3, 0.4) is 0 Å². The second-order valence-corrected chi connectivity index (χ2v) is 4.35. The molecular formula is C17H15NO. The predicted molar refractivity (Wildman–Crippen MR) is 76.5 cm³/mol. The van der Waals surface area contributed by atoms with Crippen molar-refractivity contribution >= 4 is 5.57 Å². The molecule has 0 atom stereocenters. The molecule has 2 aromatic rings. The molecule has 0 aliphatic carbocycles. The van der Waals surface area contributed by atoms with Gasteiger partial charge in [0.25, 0.3) is 0 Å². The molecule has 0 spiro atoms. The molecule has 2 heteroatoms. The average Bonchev–Trinajstić information content (AvgIpc) is 2.46. The molecule has 2 aromatic carbocycles. The van der Waals surface area contributed by atoms with E-state index in [9.17, 15) is 5.26 Å². The number of para-hydroxylation sites is 1. The quantitative estimate of drug-likeness (QED) is 0.599. The molecule has 0 saturated heterocycles. The van der Waals surface area contributed by atoms with Gasteiger partial charge in [-0.2, -0.15) is 5.26 Å². The van der Waals surface area contributed by atoms with Crippen LogP contribution in [0.4, 0.5) is 0 Å². The fraction of sp³-hybridized carbons (Fsp3) is 0.118. The topological polar surface area (TPSA) is 33.0 Å². The van der Waals surface area contributed by atoms with E-state index in [1.54, 1.807) is 0 Å². The molecule has 94 valence electrons. The Morgan fingerprint density at radius 3 is 2.21 bits per heavy atom. The van der Waals surface area contributed by atoms with E-state index in [2.05, 4.69) is 6.07 Å². The summed E-state index contributed by atoms with van der Waals surface area (Å²) in [4.78, 5) is 0. The van der Waals surface area contributed by atoms with E-state index in [-0.39, 0.29) is 0 Å². The highest BCUT2D eigenvalue weighted by Gasteiger charge is 2.07. The standard InChI is InChI=1S/C17H15NO/c1-13-8-10-15(11-9-13)14(2)17(12-18)19-16-6-4-3-5-7-16/h3-11H,1-2H3/b17-14-. The van der Waals surface area contributed by atoms with Gasteiger partial charge < -0.3 is 4.74 Å². The van der Waals surface area contributed by atoms with E-state index in [0.29, 0.717) is 11.5 Å². The normalized spacial score (nSPS) is 11.4. The minimum absolute atomic E-state index is 0.329. The summed E-state index contributed by atoms with van der Waals surface area (Å²) in [6, 6.07) is 19.5. The molecular weight excluding hydrogens is 234 g/mol. The molecule has 0 heterocycles. The Balaban J connectivity index is 2.32. The zero-order valence-electron chi connectivity index (χ0n) is 11.1. The van der Waals surface area contributed by atoms with Crippen LogP contribution in [-0.4, -0.2) is 0 Å². The Morgan fingerprint density at radius 1 is 1.00 bits per heavy atom. The first-order chi connectivity index (χ1) is 9.20. The number of benzene rings is 2. The summed E-state index contributed by atoms with van der Waals surface area (Å²) in [5.41, 5.74) is 3.03. The maximum Gasteiger partial charge on any atom is 0.207 e. The molecule has 0 aromatic heterocycles. The third-order valence-corrected chi connectivity index (χ3v) is 2.89. The Hall–Kier alpha value is -2.53. The third kappa shape index (κ3) is 3.23. The maximum atomic E-state index is 9.24. The number of nitrogens with zero attached hydrogens (tertiary/aromatic N) is 1. The van der Waals surface area contributed by atoms with Crippen LogP contribution in [0.5, 0.6) is 5.75 Å². The van der Waals surface area contributed by atoms with Gasteiger partial charge in [0.1, 0.15) is 11.8 Å². The Kier molecular flexibility index (Phi) is 4.00. The summed E-state index contributed by atoms with van der Waals surface area (Å²) in [5, 5.41) is 9.24. The zero-order chi connectivity index (χ0) is 13.7. The van der Waals surface area contributed by atoms with Crippen LogP contribution in [0.1, 0.15) is 18.1 Å². The van der Waals surface area contributed by atoms with Gasteiger partial charge in [-0.1, -0.05) is 48.0 Å². The molecule has 0 aliphatic rings. The van der Waals surface area contributed by atoms with Gasteiger partial charge in [0.2, 0.25) is 5.76 Å². The lowest BCUT2D eigenvalue weighted by Gasteiger charge is -2.08. The largest absolute Gasteiger partial charge is 0.446 e. The van der Waals surface area contributed by atoms with Crippen molar-refractivity contribution in [2.24, 2.45) is 0 Å². The van der Waals surface area contributed by atoms with E-state index >= 15 is 0 Å². The fourth-order valence-electron chi connectivity index (χ4n) is 1.72. The minimum Gasteiger partial charge on any atom is -0.446 e. The Morgan fingerprint density at radius 2 is 1.63 bits per heavy atom. The number of rotatable bonds is 3. The Labute approximate surface area is 113 Å². The summed E-state index contributed by atoms with van der Waals surface area (Å²) in [6.07, 6.45) is 0. The molecule has 0 N–H and O–H groups in total. The van der Waals surface area contributed by atoms with Gasteiger partial charge in [-0.25, -0.2) is 0 Å². The number of hydrogen-bond acceptors (Lipinski definition) is 2. The van der Waals surface area contributed by atoms with Crippen molar-refractivity contribution in [1.82, 2.24) is 0 Å². The predicted octanol–water partition coefficient (Wildman–Crippen LogP) is 4.33. The van der Waals surface area contributed by atoms with Gasteiger partial charge in [-0.3, -0.25) is 0 Å². The minimum atomic E-state index is 0.329. The first-order valence-electron chi connectivity index (χ1n) is 6.11. The van der Waals surface area contributed by atoms with Gasteiger partial charge in [0.15, 0.2) is 0 Å². The molecule has 2 nitrogen and oxygen atoms in total. The maximum absolute atomic E-state index is 9.24. The van der Waals surface area contributed by atoms with Crippen LogP contribution in [-0.2, 0) is 0 Å². The van der Waals surface area contributed by atoms with Crippen LogP contribution in [0, 0.1) is 18.3 Å². The van der Waals surface area contributed by atoms with Crippen LogP contribution >= 0.6 is 0 Å². The van der Waals surface area contributed by atoms with Gasteiger partial charge in [0, 0.05) is 5.57 Å². The first kappa shape index (κ1) is 12.9. The summed E-state index contributed by atoms with van der Waals surface area (Å²) in [6.45, 7) is 3.93. The second kappa shape index (κ2) is 5.88. The zero-order valence-corrected chi connectivity index (χ0v) is 11.1. The van der Waals surface area contributed by atoms with Gasteiger partial charge in [-0.15, -0.1) is 0 Å². The number of hydrogen-bond donors (Lipinski definition) is 0. The molecule has 0 aliphatic heterocycles. The van der Waals surface area contributed by atoms with Crippen molar-refractivity contribution in [3.63, 3.8) is 0 Å². The lowest BCUT2D eigenvalue weighted by Crippen LogP contribution is -1.96. The van der Waals surface area contributed by atoms with E-state index < -0.39 is 0 Å². The monoisotopic (exact) mass is 249 g/mol. The Bertz CT molecular complexity index is 619. The van der Waals surface area contributed by atoms with Gasteiger partial charge >= 0.3 is 0 Å². The smallest absolute Gasteiger partial charge is 0.207 e. The summed E-state index contributed by atoms with van der Waals surface area (Å²) in [7, 11) is 0. The van der Waals surface area contributed by atoms with Gasteiger partial charge in [0.05, 0.1) is 0 Å². The van der Waals surface area contributed by atoms with Crippen LogP contribution in [0.25, 0.3) is 5.57 Å². The average molecular weight is 249 g/mol. The fourth-order valence-corrected chi connectivity index (χ4v) is 1.72. The van der Waals surface area contributed by atoms with Crippen molar-refractivity contribution in [1.29, 1.82) is 5.26 Å². The number of allylic oxidation sites excluding steroid dienone is 2. The van der Waals surface area contributed by atoms with Crippen LogP contribution in [0.15, 0.2) is 60.4 Å². The van der Waals surface area contributed by atoms with Crippen molar-refractivity contribution in [3.05, 3.63) is 71.5 Å². The molecule has 0 bridgehead atoms. The van der Waals surface area contributed by atoms with Crippen molar-refractivity contribution in [2.45, 2.75) is 13.8 Å². The highest BCUT2D eigenvalue weighted by atomic mass is 16.5. The van der Waals surface area contributed by atoms with Crippen molar-refractivity contribution < 1.29 is 4.74 Å². The van der Waals surface area contributed by atoms with Crippen molar-refractivity contribution in [3.8, 4) is 11.8 Å². The molecule has 0 radical (unpaired) electrons. The summed E-state index contributed by atoms with van der Waals surface area (Å²) < 4.78 is 5.63. The molecule has 0 amide bonds. The lowest BCUT2D eigenvalue weighted by molar-refractivity contribution is 0.450. The second-order valence-electron chi connectivity index (χ2n) is 4.35. The van der Waals surface area contributed by atoms with E-state index in [1.807, 2.05) is 68.4 Å². The molecule has 19 heavy (non-hydrogen) atoms. The molecule has 2 rings (SSSR count). The van der Waals surface area contributed by atoms with E-state index in [0.717, 1.165) is 11.1 Å². The molecule has 0 unspecified atom stereocenters. The van der Waals surface area contributed by atoms with Crippen molar-refractivity contribution in [2.75, 3.05) is 0 Å². The van der Waals surface area contributed by atoms with Gasteiger partial charge in [-0.05, 0) is 31.5 Å². The summed E-state index contributed by atoms with van der Waals surface area (Å²) in [5.74, 6) is 1.00. The van der Waals surface area contributed by atoms with Crippen LogP contribution < -0.4 is 4.74 Å². The number of ether oxygens (including phenoxy) is 1.